The maximum atomic E-state index is 4.47. The Kier molecular flexibility index (Phi) is 3.74. The topological polar surface area (TPSA) is 12.9 Å². The van der Waals surface area contributed by atoms with Gasteiger partial charge < -0.3 is 0 Å². The van der Waals surface area contributed by atoms with Gasteiger partial charge in [-0.05, 0) is 48.9 Å². The number of aryl methyl sites for hydroxylation is 2. The van der Waals surface area contributed by atoms with Crippen LogP contribution < -0.4 is 0 Å². The minimum atomic E-state index is 0.110. The molecule has 112 valence electrons. The zero-order valence-corrected chi connectivity index (χ0v) is 13.9. The summed E-state index contributed by atoms with van der Waals surface area (Å²) in [6.45, 7) is 8.99. The Morgan fingerprint density at radius 1 is 0.909 bits per heavy atom. The van der Waals surface area contributed by atoms with Crippen LogP contribution in [0.2, 0.25) is 0 Å². The van der Waals surface area contributed by atoms with E-state index in [-0.39, 0.29) is 5.41 Å². The third-order valence-corrected chi connectivity index (χ3v) is 4.32. The van der Waals surface area contributed by atoms with Gasteiger partial charge in [-0.3, -0.25) is 4.98 Å². The van der Waals surface area contributed by atoms with Crippen LogP contribution in [-0.4, -0.2) is 4.98 Å². The van der Waals surface area contributed by atoms with Crippen LogP contribution in [0.1, 0.15) is 36.1 Å². The third kappa shape index (κ3) is 3.04. The van der Waals surface area contributed by atoms with Gasteiger partial charge in [0, 0.05) is 11.6 Å². The highest BCUT2D eigenvalue weighted by molar-refractivity contribution is 5.78. The van der Waals surface area contributed by atoms with Crippen LogP contribution >= 0.6 is 0 Å². The van der Waals surface area contributed by atoms with E-state index in [2.05, 4.69) is 75.1 Å². The minimum Gasteiger partial charge on any atom is -0.256 e. The third-order valence-electron chi connectivity index (χ3n) is 4.32. The predicted octanol–water partition coefficient (Wildman–Crippen LogP) is 5.37. The van der Waals surface area contributed by atoms with E-state index >= 15 is 0 Å². The Labute approximate surface area is 133 Å². The van der Waals surface area contributed by atoms with Crippen molar-refractivity contribution in [1.82, 2.24) is 4.98 Å². The van der Waals surface area contributed by atoms with Gasteiger partial charge in [0.15, 0.2) is 0 Å². The molecule has 0 spiro atoms. The first-order chi connectivity index (χ1) is 10.4. The summed E-state index contributed by atoms with van der Waals surface area (Å²) in [7, 11) is 0. The fraction of sp³-hybridized carbons (Fsp3) is 0.286. The van der Waals surface area contributed by atoms with Crippen molar-refractivity contribution < 1.29 is 0 Å². The standard InChI is InChI=1S/C21H23N/c1-15-10-16(2)12-19(11-15)21(3,4)14-17-7-8-18-6-5-9-22-20(18)13-17/h5-13H,14H2,1-4H3. The molecule has 0 amide bonds. The van der Waals surface area contributed by atoms with Gasteiger partial charge >= 0.3 is 0 Å². The molecule has 0 saturated heterocycles. The highest BCUT2D eigenvalue weighted by Gasteiger charge is 2.21. The normalized spacial score (nSPS) is 11.8. The van der Waals surface area contributed by atoms with Crippen molar-refractivity contribution >= 4 is 10.9 Å². The second-order valence-corrected chi connectivity index (χ2v) is 6.97. The van der Waals surface area contributed by atoms with Gasteiger partial charge in [0.1, 0.15) is 0 Å². The van der Waals surface area contributed by atoms with Crippen molar-refractivity contribution in [3.63, 3.8) is 0 Å². The maximum absolute atomic E-state index is 4.47. The molecule has 3 rings (SSSR count). The monoisotopic (exact) mass is 289 g/mol. The molecular weight excluding hydrogens is 266 g/mol. The quantitative estimate of drug-likeness (QED) is 0.631. The molecule has 0 unspecified atom stereocenters. The van der Waals surface area contributed by atoms with Gasteiger partial charge in [-0.25, -0.2) is 0 Å². The molecule has 0 atom stereocenters. The van der Waals surface area contributed by atoms with E-state index < -0.39 is 0 Å². The van der Waals surface area contributed by atoms with Crippen molar-refractivity contribution in [2.75, 3.05) is 0 Å². The lowest BCUT2D eigenvalue weighted by atomic mass is 9.78. The molecule has 0 aliphatic heterocycles. The van der Waals surface area contributed by atoms with Crippen molar-refractivity contribution in [1.29, 1.82) is 0 Å². The van der Waals surface area contributed by atoms with E-state index in [1.807, 2.05) is 12.3 Å². The molecule has 0 N–H and O–H groups in total. The molecule has 0 aliphatic carbocycles. The predicted molar refractivity (Wildman–Crippen MR) is 94.4 cm³/mol. The summed E-state index contributed by atoms with van der Waals surface area (Å²) in [5.74, 6) is 0. The molecular formula is C21H23N. The lowest BCUT2D eigenvalue weighted by Gasteiger charge is -2.26. The SMILES string of the molecule is Cc1cc(C)cc(C(C)(C)Cc2ccc3cccnc3c2)c1. The first-order valence-corrected chi connectivity index (χ1v) is 7.86. The number of fused-ring (bicyclic) bond motifs is 1. The van der Waals surface area contributed by atoms with Crippen LogP contribution in [0.25, 0.3) is 10.9 Å². The van der Waals surface area contributed by atoms with Crippen molar-refractivity contribution in [2.45, 2.75) is 39.5 Å². The van der Waals surface area contributed by atoms with Crippen LogP contribution in [0.4, 0.5) is 0 Å². The van der Waals surface area contributed by atoms with Crippen molar-refractivity contribution in [2.24, 2.45) is 0 Å². The molecule has 1 aromatic heterocycles. The zero-order chi connectivity index (χ0) is 15.7. The molecule has 0 fully saturated rings. The van der Waals surface area contributed by atoms with Crippen LogP contribution in [-0.2, 0) is 11.8 Å². The van der Waals surface area contributed by atoms with E-state index in [0.717, 1.165) is 11.9 Å². The average molecular weight is 289 g/mol. The lowest BCUT2D eigenvalue weighted by Crippen LogP contribution is -2.21. The van der Waals surface area contributed by atoms with Gasteiger partial charge in [-0.1, -0.05) is 61.4 Å². The fourth-order valence-electron chi connectivity index (χ4n) is 3.20. The molecule has 22 heavy (non-hydrogen) atoms. The first kappa shape index (κ1) is 14.8. The number of nitrogens with zero attached hydrogens (tertiary/aromatic N) is 1. The van der Waals surface area contributed by atoms with E-state index in [4.69, 9.17) is 0 Å². The second-order valence-electron chi connectivity index (χ2n) is 6.97. The minimum absolute atomic E-state index is 0.110. The Hall–Kier alpha value is -2.15. The molecule has 1 nitrogen and oxygen atoms in total. The smallest absolute Gasteiger partial charge is 0.0704 e. The number of benzene rings is 2. The average Bonchev–Trinajstić information content (AvgIpc) is 2.46. The Balaban J connectivity index is 1.94. The summed E-state index contributed by atoms with van der Waals surface area (Å²) in [5.41, 5.74) is 6.61. The van der Waals surface area contributed by atoms with Gasteiger partial charge in [0.25, 0.3) is 0 Å². The second kappa shape index (κ2) is 5.57. The van der Waals surface area contributed by atoms with E-state index in [1.54, 1.807) is 0 Å². The largest absolute Gasteiger partial charge is 0.256 e. The summed E-state index contributed by atoms with van der Waals surface area (Å²) in [6.07, 6.45) is 2.88. The van der Waals surface area contributed by atoms with Crippen molar-refractivity contribution in [3.8, 4) is 0 Å². The van der Waals surface area contributed by atoms with E-state index in [9.17, 15) is 0 Å². The first-order valence-electron chi connectivity index (χ1n) is 7.86. The van der Waals surface area contributed by atoms with Gasteiger partial charge in [-0.2, -0.15) is 0 Å². The van der Waals surface area contributed by atoms with Crippen LogP contribution in [0, 0.1) is 13.8 Å². The van der Waals surface area contributed by atoms with Gasteiger partial charge in [0.2, 0.25) is 0 Å². The van der Waals surface area contributed by atoms with Gasteiger partial charge in [-0.15, -0.1) is 0 Å². The molecule has 2 aromatic carbocycles. The summed E-state index contributed by atoms with van der Waals surface area (Å²) >= 11 is 0. The highest BCUT2D eigenvalue weighted by Crippen LogP contribution is 2.30. The van der Waals surface area contributed by atoms with Crippen molar-refractivity contribution in [3.05, 3.63) is 77.0 Å². The summed E-state index contributed by atoms with van der Waals surface area (Å²) in [4.78, 5) is 4.47. The molecule has 1 heterocycles. The Morgan fingerprint density at radius 2 is 1.64 bits per heavy atom. The maximum Gasteiger partial charge on any atom is 0.0704 e. The molecule has 0 saturated carbocycles. The number of rotatable bonds is 3. The van der Waals surface area contributed by atoms with E-state index in [0.29, 0.717) is 0 Å². The number of pyridine rings is 1. The number of aromatic nitrogens is 1. The van der Waals surface area contributed by atoms with Crippen LogP contribution in [0.5, 0.6) is 0 Å². The number of hydrogen-bond donors (Lipinski definition) is 0. The van der Waals surface area contributed by atoms with Crippen LogP contribution in [0.3, 0.4) is 0 Å². The highest BCUT2D eigenvalue weighted by atomic mass is 14.6. The Morgan fingerprint density at radius 3 is 2.36 bits per heavy atom. The zero-order valence-electron chi connectivity index (χ0n) is 13.9. The molecule has 0 bridgehead atoms. The molecule has 1 heteroatoms. The summed E-state index contributed by atoms with van der Waals surface area (Å²) < 4.78 is 0. The number of hydrogen-bond acceptors (Lipinski definition) is 1. The Bertz CT molecular complexity index is 795. The molecule has 0 aliphatic rings. The molecule has 3 aromatic rings. The summed E-state index contributed by atoms with van der Waals surface area (Å²) in [6, 6.07) is 17.6. The molecule has 0 radical (unpaired) electrons. The van der Waals surface area contributed by atoms with Gasteiger partial charge in [0.05, 0.1) is 5.52 Å². The van der Waals surface area contributed by atoms with Crippen LogP contribution in [0.15, 0.2) is 54.7 Å². The van der Waals surface area contributed by atoms with E-state index in [1.165, 1.54) is 27.6 Å². The fourth-order valence-corrected chi connectivity index (χ4v) is 3.20. The summed E-state index contributed by atoms with van der Waals surface area (Å²) in [5, 5.41) is 1.20. The lowest BCUT2D eigenvalue weighted by molar-refractivity contribution is 0.522.